The van der Waals surface area contributed by atoms with Crippen LogP contribution in [0.2, 0.25) is 0 Å². The van der Waals surface area contributed by atoms with Crippen LogP contribution in [0.5, 0.6) is 0 Å². The van der Waals surface area contributed by atoms with Crippen LogP contribution >= 0.6 is 11.3 Å². The van der Waals surface area contributed by atoms with E-state index in [0.29, 0.717) is 11.6 Å². The first kappa shape index (κ1) is 37.4. The van der Waals surface area contributed by atoms with Gasteiger partial charge >= 0.3 is 0 Å². The van der Waals surface area contributed by atoms with E-state index in [-0.39, 0.29) is 0 Å². The number of imidazole rings is 1. The van der Waals surface area contributed by atoms with Crippen molar-refractivity contribution in [3.8, 4) is 90.1 Å². The van der Waals surface area contributed by atoms with Crippen LogP contribution in [0.25, 0.3) is 116 Å². The number of rotatable bonds is 8. The molecule has 0 aliphatic heterocycles. The highest BCUT2D eigenvalue weighted by Gasteiger charge is 2.16. The van der Waals surface area contributed by atoms with Crippen LogP contribution < -0.4 is 0 Å². The summed E-state index contributed by atoms with van der Waals surface area (Å²) in [6, 6.07) is 75.7. The Bertz CT molecular complexity index is 3270. The average Bonchev–Trinajstić information content (AvgIpc) is 3.93. The van der Waals surface area contributed by atoms with Gasteiger partial charge in [-0.2, -0.15) is 0 Å². The summed E-state index contributed by atoms with van der Waals surface area (Å²) in [7, 11) is 0. The molecule has 8 aromatic carbocycles. The van der Waals surface area contributed by atoms with E-state index in [1.54, 1.807) is 11.3 Å². The summed E-state index contributed by atoms with van der Waals surface area (Å²) >= 11 is 1.72. The van der Waals surface area contributed by atoms with Gasteiger partial charge in [0, 0.05) is 33.4 Å². The van der Waals surface area contributed by atoms with E-state index in [4.69, 9.17) is 24.9 Å². The van der Waals surface area contributed by atoms with Gasteiger partial charge in [0.2, 0.25) is 0 Å². The normalized spacial score (nSPS) is 11.4. The minimum absolute atomic E-state index is 0.705. The van der Waals surface area contributed by atoms with Crippen molar-refractivity contribution in [2.45, 2.75) is 0 Å². The second-order valence-electron chi connectivity index (χ2n) is 15.8. The molecule has 300 valence electrons. The Morgan fingerprint density at radius 3 is 1.09 bits per heavy atom. The van der Waals surface area contributed by atoms with E-state index < -0.39 is 0 Å². The van der Waals surface area contributed by atoms with Crippen molar-refractivity contribution < 1.29 is 0 Å². The minimum Gasteiger partial charge on any atom is -0.283 e. The fourth-order valence-electron chi connectivity index (χ4n) is 8.39. The van der Waals surface area contributed by atoms with Crippen molar-refractivity contribution >= 4 is 37.5 Å². The molecule has 12 aromatic rings. The number of hydrogen-bond acceptors (Lipinski definition) is 6. The number of thiazole rings is 1. The fraction of sp³-hybridized carbons (Fsp3) is 0. The van der Waals surface area contributed by atoms with Crippen LogP contribution in [0, 0.1) is 0 Å². The largest absolute Gasteiger partial charge is 0.283 e. The molecule has 0 unspecified atom stereocenters. The summed E-state index contributed by atoms with van der Waals surface area (Å²) in [4.78, 5) is 26.1. The molecule has 0 N–H and O–H groups in total. The molecule has 12 rings (SSSR count). The molecule has 0 saturated carbocycles. The third-order valence-electron chi connectivity index (χ3n) is 11.7. The number of hydrogen-bond donors (Lipinski definition) is 0. The lowest BCUT2D eigenvalue weighted by Crippen LogP contribution is -1.95. The van der Waals surface area contributed by atoms with Crippen molar-refractivity contribution in [3.05, 3.63) is 218 Å². The first-order valence-corrected chi connectivity index (χ1v) is 22.0. The van der Waals surface area contributed by atoms with Gasteiger partial charge in [-0.3, -0.25) is 4.40 Å². The lowest BCUT2D eigenvalue weighted by atomic mass is 10.0. The minimum atomic E-state index is 0.705. The summed E-state index contributed by atoms with van der Waals surface area (Å²) in [5.41, 5.74) is 17.4. The van der Waals surface area contributed by atoms with E-state index in [0.717, 1.165) is 99.9 Å². The van der Waals surface area contributed by atoms with E-state index >= 15 is 0 Å². The van der Waals surface area contributed by atoms with Crippen LogP contribution in [0.4, 0.5) is 0 Å². The highest BCUT2D eigenvalue weighted by Crippen LogP contribution is 2.37. The molecule has 0 amide bonds. The molecule has 0 bridgehead atoms. The molecular formula is C57H36N6S. The highest BCUT2D eigenvalue weighted by atomic mass is 32.1. The monoisotopic (exact) mass is 836 g/mol. The quantitative estimate of drug-likeness (QED) is 0.152. The van der Waals surface area contributed by atoms with Gasteiger partial charge in [0.15, 0.2) is 16.6 Å². The maximum absolute atomic E-state index is 5.07. The zero-order valence-electron chi connectivity index (χ0n) is 34.4. The van der Waals surface area contributed by atoms with Gasteiger partial charge in [-0.15, -0.1) is 0 Å². The van der Waals surface area contributed by atoms with Crippen LogP contribution in [0.3, 0.4) is 0 Å². The van der Waals surface area contributed by atoms with Gasteiger partial charge in [-0.05, 0) is 58.7 Å². The Morgan fingerprint density at radius 1 is 0.281 bits per heavy atom. The number of nitrogens with zero attached hydrogens (tertiary/aromatic N) is 6. The third-order valence-corrected chi connectivity index (χ3v) is 12.7. The van der Waals surface area contributed by atoms with Crippen molar-refractivity contribution in [2.75, 3.05) is 0 Å². The summed E-state index contributed by atoms with van der Waals surface area (Å²) in [5, 5.41) is 0. The lowest BCUT2D eigenvalue weighted by molar-refractivity contribution is 1.18. The van der Waals surface area contributed by atoms with E-state index in [1.165, 1.54) is 4.70 Å². The zero-order valence-corrected chi connectivity index (χ0v) is 35.2. The van der Waals surface area contributed by atoms with Gasteiger partial charge in [0.25, 0.3) is 0 Å². The molecule has 7 heteroatoms. The van der Waals surface area contributed by atoms with Crippen molar-refractivity contribution in [3.63, 3.8) is 0 Å². The molecule has 0 spiro atoms. The van der Waals surface area contributed by atoms with E-state index in [1.807, 2.05) is 72.8 Å². The van der Waals surface area contributed by atoms with Gasteiger partial charge in [-0.25, -0.2) is 24.9 Å². The number of benzene rings is 8. The topological polar surface area (TPSA) is 68.9 Å². The number of aromatic nitrogens is 6. The van der Waals surface area contributed by atoms with Crippen LogP contribution in [0.15, 0.2) is 218 Å². The fourth-order valence-corrected chi connectivity index (χ4v) is 9.41. The molecule has 4 aromatic heterocycles. The summed E-state index contributed by atoms with van der Waals surface area (Å²) in [6.07, 6.45) is 0. The number of fused-ring (bicyclic) bond motifs is 5. The predicted molar refractivity (Wildman–Crippen MR) is 263 cm³/mol. The molecule has 0 fully saturated rings. The molecule has 64 heavy (non-hydrogen) atoms. The Kier molecular flexibility index (Phi) is 9.24. The maximum Gasteiger partial charge on any atom is 0.195 e. The van der Waals surface area contributed by atoms with Crippen molar-refractivity contribution in [1.82, 2.24) is 29.3 Å². The highest BCUT2D eigenvalue weighted by molar-refractivity contribution is 7.23. The van der Waals surface area contributed by atoms with E-state index in [9.17, 15) is 0 Å². The molecule has 6 nitrogen and oxygen atoms in total. The molecule has 4 heterocycles. The summed E-state index contributed by atoms with van der Waals surface area (Å²) in [6.45, 7) is 0. The first-order chi connectivity index (χ1) is 31.7. The molecule has 0 atom stereocenters. The molecule has 0 aliphatic rings. The first-order valence-electron chi connectivity index (χ1n) is 21.2. The van der Waals surface area contributed by atoms with Gasteiger partial charge < -0.3 is 0 Å². The Labute approximate surface area is 373 Å². The predicted octanol–water partition coefficient (Wildman–Crippen LogP) is 14.6. The van der Waals surface area contributed by atoms with E-state index in [2.05, 4.69) is 150 Å². The third kappa shape index (κ3) is 7.00. The van der Waals surface area contributed by atoms with Gasteiger partial charge in [0.1, 0.15) is 0 Å². The molecular weight excluding hydrogens is 801 g/mol. The SMILES string of the molecule is c1ccc(-c2cc(-c3ccc(-c4ccc5nc6sc7ccc(-c8ccc(-c9cc(-c%10ccccc%10)nc(-c%10ccccc%10)n9)cc8)cc7n6c5c4)cc3)nc(-c3ccccc3)n2)cc1. The maximum atomic E-state index is 5.07. The van der Waals surface area contributed by atoms with Crippen molar-refractivity contribution in [1.29, 1.82) is 0 Å². The summed E-state index contributed by atoms with van der Waals surface area (Å²) < 4.78 is 3.50. The molecule has 0 aliphatic carbocycles. The van der Waals surface area contributed by atoms with Crippen LogP contribution in [0.1, 0.15) is 0 Å². The molecule has 0 saturated heterocycles. The van der Waals surface area contributed by atoms with Gasteiger partial charge in [0.05, 0.1) is 44.0 Å². The summed E-state index contributed by atoms with van der Waals surface area (Å²) in [5.74, 6) is 1.41. The second kappa shape index (κ2) is 15.8. The van der Waals surface area contributed by atoms with Crippen molar-refractivity contribution in [2.24, 2.45) is 0 Å². The van der Waals surface area contributed by atoms with Crippen LogP contribution in [-0.2, 0) is 0 Å². The van der Waals surface area contributed by atoms with Gasteiger partial charge in [-0.1, -0.05) is 193 Å². The lowest BCUT2D eigenvalue weighted by Gasteiger charge is -2.10. The smallest absolute Gasteiger partial charge is 0.195 e. The Balaban J connectivity index is 0.872. The Hall–Kier alpha value is -8.39. The second-order valence-corrected chi connectivity index (χ2v) is 16.8. The average molecular weight is 837 g/mol. The molecule has 0 radical (unpaired) electrons. The zero-order chi connectivity index (χ0) is 42.4. The Morgan fingerprint density at radius 2 is 0.641 bits per heavy atom. The standard InChI is InChI=1S/C57H36N6S/c1-5-13-39(14-6-1)48-35-50(60-55(58-48)43-17-9-3-10-18-43)41-25-21-37(22-26-41)45-29-31-47-52(33-45)63-53-34-46(30-32-54(53)64-57(63)62-47)38-23-27-42(28-24-38)51-36-49(40-15-7-2-8-16-40)59-56(61-51)44-19-11-4-12-20-44/h1-36H. The van der Waals surface area contributed by atoms with Crippen LogP contribution in [-0.4, -0.2) is 29.3 Å².